The Morgan fingerprint density at radius 1 is 1.27 bits per heavy atom. The Morgan fingerprint density at radius 2 is 2.13 bits per heavy atom. The lowest BCUT2D eigenvalue weighted by Crippen LogP contribution is -2.45. The Kier molecular flexibility index (Phi) is 3.60. The molecular formula is C23H23N3O4. The number of carbonyl (C=O) groups is 1. The molecule has 0 unspecified atom stereocenters. The van der Waals surface area contributed by atoms with Crippen LogP contribution in [0.4, 0.5) is 0 Å². The van der Waals surface area contributed by atoms with Crippen molar-refractivity contribution in [3.63, 3.8) is 0 Å². The molecule has 0 radical (unpaired) electrons. The number of ketones is 1. The van der Waals surface area contributed by atoms with Crippen LogP contribution >= 0.6 is 0 Å². The van der Waals surface area contributed by atoms with Crippen LogP contribution in [0, 0.1) is 0 Å². The van der Waals surface area contributed by atoms with Gasteiger partial charge in [0.1, 0.15) is 5.75 Å². The van der Waals surface area contributed by atoms with Gasteiger partial charge in [0.15, 0.2) is 5.78 Å². The molecule has 1 aromatic carbocycles. The summed E-state index contributed by atoms with van der Waals surface area (Å²) in [6, 6.07) is 5.75. The minimum Gasteiger partial charge on any atom is -0.492 e. The second-order valence-electron chi connectivity index (χ2n) is 8.96. The molecule has 3 aromatic rings. The molecule has 2 bridgehead atoms. The van der Waals surface area contributed by atoms with Gasteiger partial charge < -0.3 is 18.6 Å². The fraction of sp³-hybridized carbons (Fsp3) is 0.435. The molecule has 3 aliphatic heterocycles. The van der Waals surface area contributed by atoms with E-state index in [9.17, 15) is 4.79 Å². The molecule has 2 saturated heterocycles. The van der Waals surface area contributed by atoms with Gasteiger partial charge in [0, 0.05) is 24.2 Å². The van der Waals surface area contributed by atoms with E-state index in [1.165, 1.54) is 0 Å². The molecule has 154 valence electrons. The van der Waals surface area contributed by atoms with Crippen molar-refractivity contribution >= 4 is 11.4 Å². The quantitative estimate of drug-likeness (QED) is 0.608. The Balaban J connectivity index is 1.34. The van der Waals surface area contributed by atoms with Gasteiger partial charge in [-0.25, -0.2) is 9.97 Å². The zero-order valence-electron chi connectivity index (χ0n) is 17.1. The maximum absolute atomic E-state index is 13.0. The number of fused-ring (bicyclic) bond motifs is 3. The van der Waals surface area contributed by atoms with E-state index < -0.39 is 0 Å². The van der Waals surface area contributed by atoms with Crippen molar-refractivity contribution in [3.05, 3.63) is 53.1 Å². The molecule has 4 aliphatic rings. The number of Topliss-reactive ketones (excluding diaryl/α,β-unsaturated/α-hetero) is 1. The zero-order chi connectivity index (χ0) is 20.5. The molecule has 2 aromatic heterocycles. The van der Waals surface area contributed by atoms with E-state index >= 15 is 0 Å². The lowest BCUT2D eigenvalue weighted by molar-refractivity contribution is 0.0154. The summed E-state index contributed by atoms with van der Waals surface area (Å²) in [7, 11) is 1.58. The molecule has 1 saturated carbocycles. The van der Waals surface area contributed by atoms with Gasteiger partial charge in [0.2, 0.25) is 5.65 Å². The smallest absolute Gasteiger partial charge is 0.258 e. The summed E-state index contributed by atoms with van der Waals surface area (Å²) in [5, 5.41) is 0. The molecule has 0 atom stereocenters. The molecule has 0 amide bonds. The first kappa shape index (κ1) is 17.9. The van der Waals surface area contributed by atoms with E-state index in [0.29, 0.717) is 41.7 Å². The van der Waals surface area contributed by atoms with Gasteiger partial charge in [0.25, 0.3) is 5.88 Å². The number of hydrogen-bond acceptors (Lipinski definition) is 6. The molecule has 7 heteroatoms. The van der Waals surface area contributed by atoms with Crippen LogP contribution in [-0.2, 0) is 23.0 Å². The Labute approximate surface area is 174 Å². The minimum absolute atomic E-state index is 0.00622. The maximum Gasteiger partial charge on any atom is 0.258 e. The number of ether oxygens (including phenoxy) is 3. The lowest BCUT2D eigenvalue weighted by Gasteiger charge is -2.41. The molecule has 7 nitrogen and oxygen atoms in total. The first-order valence-electron chi connectivity index (χ1n) is 10.3. The lowest BCUT2D eigenvalue weighted by atomic mass is 9.62. The topological polar surface area (TPSA) is 75.0 Å². The number of nitrogens with zero attached hydrogens (tertiary/aromatic N) is 3. The van der Waals surface area contributed by atoms with Crippen molar-refractivity contribution < 1.29 is 19.0 Å². The largest absolute Gasteiger partial charge is 0.492 e. The summed E-state index contributed by atoms with van der Waals surface area (Å²) >= 11 is 0. The number of methoxy groups -OCH3 is 1. The third kappa shape index (κ3) is 2.51. The van der Waals surface area contributed by atoms with Crippen LogP contribution in [0.15, 0.2) is 30.6 Å². The van der Waals surface area contributed by atoms with Crippen LogP contribution in [0.2, 0.25) is 0 Å². The van der Waals surface area contributed by atoms with Crippen LogP contribution in [-0.4, -0.2) is 46.1 Å². The molecule has 5 heterocycles. The fourth-order valence-corrected chi connectivity index (χ4v) is 5.34. The molecule has 3 fully saturated rings. The molecule has 30 heavy (non-hydrogen) atoms. The predicted octanol–water partition coefficient (Wildman–Crippen LogP) is 2.92. The van der Waals surface area contributed by atoms with Crippen LogP contribution in [0.5, 0.6) is 11.6 Å². The molecule has 1 aliphatic carbocycles. The molecule has 7 rings (SSSR count). The Bertz CT molecular complexity index is 1190. The second-order valence-corrected chi connectivity index (χ2v) is 8.96. The van der Waals surface area contributed by atoms with Gasteiger partial charge in [-0.1, -0.05) is 12.1 Å². The van der Waals surface area contributed by atoms with Crippen LogP contribution in [0.25, 0.3) is 5.65 Å². The highest BCUT2D eigenvalue weighted by atomic mass is 16.5. The highest BCUT2D eigenvalue weighted by Gasteiger charge is 2.61. The van der Waals surface area contributed by atoms with E-state index in [0.717, 1.165) is 30.5 Å². The van der Waals surface area contributed by atoms with E-state index in [2.05, 4.69) is 11.9 Å². The van der Waals surface area contributed by atoms with Crippen molar-refractivity contribution in [2.45, 2.75) is 43.6 Å². The maximum atomic E-state index is 13.0. The molecule has 0 N–H and O–H groups in total. The van der Waals surface area contributed by atoms with Gasteiger partial charge in [-0.2, -0.15) is 0 Å². The summed E-state index contributed by atoms with van der Waals surface area (Å²) in [6.45, 7) is 3.48. The number of hydrogen-bond donors (Lipinski definition) is 0. The zero-order valence-corrected chi connectivity index (χ0v) is 17.1. The summed E-state index contributed by atoms with van der Waals surface area (Å²) in [5.41, 5.74) is 4.01. The molecule has 0 spiro atoms. The number of para-hydroxylation sites is 1. The minimum atomic E-state index is -0.0134. The van der Waals surface area contributed by atoms with E-state index in [1.807, 2.05) is 35.0 Å². The first-order valence-corrected chi connectivity index (χ1v) is 10.3. The van der Waals surface area contributed by atoms with Gasteiger partial charge in [0.05, 0.1) is 49.3 Å². The SMILES string of the molecule is COc1nc(CC(=O)c2cccc3c2OCC3)cn2cc(C34COC(C)(C3)C4)nc12. The number of imidazole rings is 1. The van der Waals surface area contributed by atoms with Gasteiger partial charge in [-0.15, -0.1) is 0 Å². The standard InChI is InChI=1S/C23H23N3O4/c1-22-11-23(12-22,13-30-22)18-10-26-9-15(24-21(28-2)20(26)25-18)8-17(27)16-5-3-4-14-6-7-29-19(14)16/h3-5,9-10H,6-8,11-13H2,1-2H3. The monoisotopic (exact) mass is 405 g/mol. The summed E-state index contributed by atoms with van der Waals surface area (Å²) in [5.74, 6) is 1.13. The van der Waals surface area contributed by atoms with Gasteiger partial charge >= 0.3 is 0 Å². The highest BCUT2D eigenvalue weighted by molar-refractivity contribution is 6.00. The first-order chi connectivity index (χ1) is 14.5. The van der Waals surface area contributed by atoms with Crippen LogP contribution in [0.1, 0.15) is 47.1 Å². The number of carbonyl (C=O) groups excluding carboxylic acids is 1. The van der Waals surface area contributed by atoms with Crippen molar-refractivity contribution in [1.82, 2.24) is 14.4 Å². The van der Waals surface area contributed by atoms with Crippen molar-refractivity contribution in [2.24, 2.45) is 0 Å². The van der Waals surface area contributed by atoms with E-state index in [-0.39, 0.29) is 23.2 Å². The summed E-state index contributed by atoms with van der Waals surface area (Å²) < 4.78 is 19.1. The van der Waals surface area contributed by atoms with Crippen molar-refractivity contribution in [2.75, 3.05) is 20.3 Å². The van der Waals surface area contributed by atoms with Crippen molar-refractivity contribution in [3.8, 4) is 11.6 Å². The van der Waals surface area contributed by atoms with Gasteiger partial charge in [-0.3, -0.25) is 4.79 Å². The van der Waals surface area contributed by atoms with E-state index in [4.69, 9.17) is 19.2 Å². The number of aromatic nitrogens is 3. The summed E-state index contributed by atoms with van der Waals surface area (Å²) in [6.07, 6.45) is 6.91. The second kappa shape index (κ2) is 6.04. The van der Waals surface area contributed by atoms with Crippen LogP contribution < -0.4 is 9.47 Å². The third-order valence-corrected chi connectivity index (χ3v) is 6.67. The third-order valence-electron chi connectivity index (χ3n) is 6.67. The average molecular weight is 405 g/mol. The Hall–Kier alpha value is -2.93. The normalized spacial score (nSPS) is 26.3. The van der Waals surface area contributed by atoms with Gasteiger partial charge in [-0.05, 0) is 31.4 Å². The number of benzene rings is 1. The van der Waals surface area contributed by atoms with Crippen molar-refractivity contribution in [1.29, 1.82) is 0 Å². The fourth-order valence-electron chi connectivity index (χ4n) is 5.34. The summed E-state index contributed by atoms with van der Waals surface area (Å²) in [4.78, 5) is 22.4. The molecular weight excluding hydrogens is 382 g/mol. The Morgan fingerprint density at radius 3 is 2.90 bits per heavy atom. The number of rotatable bonds is 5. The predicted molar refractivity (Wildman–Crippen MR) is 108 cm³/mol. The highest BCUT2D eigenvalue weighted by Crippen LogP contribution is 2.58. The average Bonchev–Trinajstić information content (AvgIpc) is 3.47. The van der Waals surface area contributed by atoms with E-state index in [1.54, 1.807) is 7.11 Å². The van der Waals surface area contributed by atoms with Crippen LogP contribution in [0.3, 0.4) is 0 Å².